The van der Waals surface area contributed by atoms with Crippen molar-refractivity contribution < 1.29 is 0 Å². The number of hydrogen-bond donors (Lipinski definition) is 1. The van der Waals surface area contributed by atoms with E-state index in [0.29, 0.717) is 5.92 Å². The Morgan fingerprint density at radius 3 is 2.83 bits per heavy atom. The molecular formula is C12H11Br2N3S. The standard InChI is InChI=1S/C12H11Br2N3S/c13-8-3-4-18-9(8)6-15-11-5-10(14)16-12(17-11)7-1-2-7/h3-5,7H,1-2,6H2,(H,15,16,17). The fraction of sp³-hybridized carbons (Fsp3) is 0.333. The quantitative estimate of drug-likeness (QED) is 0.780. The van der Waals surface area contributed by atoms with Gasteiger partial charge in [0.05, 0.1) is 6.54 Å². The van der Waals surface area contributed by atoms with Crippen molar-refractivity contribution in [1.29, 1.82) is 0 Å². The molecule has 0 spiro atoms. The zero-order chi connectivity index (χ0) is 12.5. The van der Waals surface area contributed by atoms with Gasteiger partial charge in [-0.2, -0.15) is 0 Å². The lowest BCUT2D eigenvalue weighted by Gasteiger charge is -2.07. The van der Waals surface area contributed by atoms with Gasteiger partial charge >= 0.3 is 0 Å². The van der Waals surface area contributed by atoms with E-state index in [1.54, 1.807) is 11.3 Å². The van der Waals surface area contributed by atoms with Gasteiger partial charge in [0.2, 0.25) is 0 Å². The monoisotopic (exact) mass is 387 g/mol. The summed E-state index contributed by atoms with van der Waals surface area (Å²) in [6.45, 7) is 0.784. The third-order valence-electron chi connectivity index (χ3n) is 2.78. The first-order valence-corrected chi connectivity index (χ1v) is 8.19. The van der Waals surface area contributed by atoms with Crippen molar-refractivity contribution in [2.75, 3.05) is 5.32 Å². The summed E-state index contributed by atoms with van der Waals surface area (Å²) in [4.78, 5) is 10.3. The van der Waals surface area contributed by atoms with E-state index >= 15 is 0 Å². The second-order valence-corrected chi connectivity index (χ2v) is 6.92. The topological polar surface area (TPSA) is 37.8 Å². The van der Waals surface area contributed by atoms with Crippen molar-refractivity contribution in [3.05, 3.63) is 37.3 Å². The average molecular weight is 389 g/mol. The maximum Gasteiger partial charge on any atom is 0.135 e. The molecule has 1 saturated carbocycles. The molecule has 0 atom stereocenters. The Balaban J connectivity index is 1.74. The molecule has 3 nitrogen and oxygen atoms in total. The van der Waals surface area contributed by atoms with Crippen molar-refractivity contribution in [1.82, 2.24) is 9.97 Å². The van der Waals surface area contributed by atoms with E-state index in [-0.39, 0.29) is 0 Å². The summed E-state index contributed by atoms with van der Waals surface area (Å²) in [6.07, 6.45) is 2.43. The van der Waals surface area contributed by atoms with Gasteiger partial charge in [0.25, 0.3) is 0 Å². The number of rotatable bonds is 4. The minimum Gasteiger partial charge on any atom is -0.365 e. The van der Waals surface area contributed by atoms with Gasteiger partial charge in [-0.25, -0.2) is 9.97 Å². The van der Waals surface area contributed by atoms with Gasteiger partial charge in [-0.05, 0) is 56.1 Å². The van der Waals surface area contributed by atoms with Crippen molar-refractivity contribution in [2.24, 2.45) is 0 Å². The van der Waals surface area contributed by atoms with Crippen LogP contribution in [0.5, 0.6) is 0 Å². The van der Waals surface area contributed by atoms with Crippen LogP contribution in [-0.4, -0.2) is 9.97 Å². The molecule has 0 aliphatic heterocycles. The van der Waals surface area contributed by atoms with Gasteiger partial charge in [0.1, 0.15) is 16.2 Å². The third kappa shape index (κ3) is 2.92. The molecule has 0 saturated heterocycles. The van der Waals surface area contributed by atoms with Crippen LogP contribution in [0.4, 0.5) is 5.82 Å². The summed E-state index contributed by atoms with van der Waals surface area (Å²) < 4.78 is 2.00. The fourth-order valence-corrected chi connectivity index (χ4v) is 3.50. The lowest BCUT2D eigenvalue weighted by Crippen LogP contribution is -2.03. The Labute approximate surface area is 126 Å². The predicted molar refractivity (Wildman–Crippen MR) is 81.1 cm³/mol. The van der Waals surface area contributed by atoms with Gasteiger partial charge in [0, 0.05) is 21.3 Å². The largest absolute Gasteiger partial charge is 0.365 e. The molecule has 1 fully saturated rings. The van der Waals surface area contributed by atoms with Crippen LogP contribution in [0.25, 0.3) is 0 Å². The van der Waals surface area contributed by atoms with Gasteiger partial charge in [0.15, 0.2) is 0 Å². The Kier molecular flexibility index (Phi) is 3.68. The van der Waals surface area contributed by atoms with Gasteiger partial charge in [-0.15, -0.1) is 11.3 Å². The van der Waals surface area contributed by atoms with Gasteiger partial charge < -0.3 is 5.32 Å². The van der Waals surface area contributed by atoms with Crippen LogP contribution < -0.4 is 5.32 Å². The average Bonchev–Trinajstić information content (AvgIpc) is 3.11. The number of anilines is 1. The molecule has 2 aromatic heterocycles. The Morgan fingerprint density at radius 2 is 2.17 bits per heavy atom. The van der Waals surface area contributed by atoms with Gasteiger partial charge in [-0.3, -0.25) is 0 Å². The van der Waals surface area contributed by atoms with Crippen LogP contribution in [0, 0.1) is 0 Å². The molecule has 0 unspecified atom stereocenters. The van der Waals surface area contributed by atoms with Crippen LogP contribution in [0.1, 0.15) is 29.5 Å². The number of hydrogen-bond acceptors (Lipinski definition) is 4. The number of nitrogens with zero attached hydrogens (tertiary/aromatic N) is 2. The van der Waals surface area contributed by atoms with Crippen LogP contribution >= 0.6 is 43.2 Å². The van der Waals surface area contributed by atoms with Crippen molar-refractivity contribution in [2.45, 2.75) is 25.3 Å². The number of nitrogens with one attached hydrogen (secondary N) is 1. The molecule has 0 radical (unpaired) electrons. The Morgan fingerprint density at radius 1 is 1.33 bits per heavy atom. The van der Waals surface area contributed by atoms with Gasteiger partial charge in [-0.1, -0.05) is 0 Å². The summed E-state index contributed by atoms with van der Waals surface area (Å²) >= 11 is 8.71. The molecule has 3 rings (SSSR count). The first-order chi connectivity index (χ1) is 8.72. The minimum absolute atomic E-state index is 0.566. The highest BCUT2D eigenvalue weighted by atomic mass is 79.9. The molecule has 1 aliphatic rings. The Bertz CT molecular complexity index is 566. The highest BCUT2D eigenvalue weighted by Crippen LogP contribution is 2.38. The van der Waals surface area contributed by atoms with Crippen molar-refractivity contribution >= 4 is 49.0 Å². The van der Waals surface area contributed by atoms with E-state index in [0.717, 1.165) is 27.3 Å². The fourth-order valence-electron chi connectivity index (χ4n) is 1.67. The molecule has 1 aliphatic carbocycles. The van der Waals surface area contributed by atoms with E-state index in [2.05, 4.69) is 58.6 Å². The highest BCUT2D eigenvalue weighted by molar-refractivity contribution is 9.10. The Hall–Kier alpha value is -0.460. The first kappa shape index (κ1) is 12.6. The molecule has 0 bridgehead atoms. The zero-order valence-electron chi connectivity index (χ0n) is 9.49. The van der Waals surface area contributed by atoms with E-state index in [1.165, 1.54) is 17.7 Å². The normalized spacial score (nSPS) is 14.8. The van der Waals surface area contributed by atoms with Crippen LogP contribution in [0.2, 0.25) is 0 Å². The van der Waals surface area contributed by atoms with E-state index < -0.39 is 0 Å². The summed E-state index contributed by atoms with van der Waals surface area (Å²) in [6, 6.07) is 3.99. The molecule has 0 amide bonds. The van der Waals surface area contributed by atoms with E-state index in [4.69, 9.17) is 0 Å². The van der Waals surface area contributed by atoms with Crippen molar-refractivity contribution in [3.63, 3.8) is 0 Å². The number of halogens is 2. The summed E-state index contributed by atoms with van der Waals surface area (Å²) in [5, 5.41) is 5.43. The maximum absolute atomic E-state index is 4.56. The second kappa shape index (κ2) is 5.27. The SMILES string of the molecule is Brc1cc(NCc2sccc2Br)nc(C2CC2)n1. The smallest absolute Gasteiger partial charge is 0.135 e. The van der Waals surface area contributed by atoms with Crippen LogP contribution in [-0.2, 0) is 6.54 Å². The highest BCUT2D eigenvalue weighted by Gasteiger charge is 2.27. The lowest BCUT2D eigenvalue weighted by molar-refractivity contribution is 0.911. The minimum atomic E-state index is 0.566. The third-order valence-corrected chi connectivity index (χ3v) is 5.11. The molecule has 1 N–H and O–H groups in total. The summed E-state index contributed by atoms with van der Waals surface area (Å²) in [7, 11) is 0. The van der Waals surface area contributed by atoms with Crippen LogP contribution in [0.3, 0.4) is 0 Å². The second-order valence-electron chi connectivity index (χ2n) is 4.25. The molecule has 2 aromatic rings. The predicted octanol–water partition coefficient (Wildman–Crippen LogP) is 4.55. The van der Waals surface area contributed by atoms with Crippen LogP contribution in [0.15, 0.2) is 26.6 Å². The lowest BCUT2D eigenvalue weighted by atomic mass is 10.4. The molecule has 0 aromatic carbocycles. The first-order valence-electron chi connectivity index (χ1n) is 5.72. The number of aromatic nitrogens is 2. The zero-order valence-corrected chi connectivity index (χ0v) is 13.5. The van der Waals surface area contributed by atoms with Crippen molar-refractivity contribution in [3.8, 4) is 0 Å². The van der Waals surface area contributed by atoms with E-state index in [1.807, 2.05) is 6.07 Å². The summed E-state index contributed by atoms with van der Waals surface area (Å²) in [5.41, 5.74) is 0. The molecule has 6 heteroatoms. The maximum atomic E-state index is 4.56. The number of thiophene rings is 1. The van der Waals surface area contributed by atoms with E-state index in [9.17, 15) is 0 Å². The summed E-state index contributed by atoms with van der Waals surface area (Å²) in [5.74, 6) is 2.41. The molecule has 2 heterocycles. The molecule has 18 heavy (non-hydrogen) atoms. The molecular weight excluding hydrogens is 378 g/mol. The molecule has 94 valence electrons.